The average Bonchev–Trinajstić information content (AvgIpc) is 3.15. The van der Waals surface area contributed by atoms with Crippen LogP contribution in [0.5, 0.6) is 11.5 Å². The molecule has 3 rings (SSSR count). The lowest BCUT2D eigenvalue weighted by atomic mass is 10.1. The van der Waals surface area contributed by atoms with E-state index >= 15 is 0 Å². The number of methoxy groups -OCH3 is 1. The molecule has 0 bridgehead atoms. The summed E-state index contributed by atoms with van der Waals surface area (Å²) in [6.07, 6.45) is 5.00. The van der Waals surface area contributed by atoms with Crippen molar-refractivity contribution in [3.8, 4) is 11.5 Å². The normalized spacial score (nSPS) is 12.0. The largest absolute Gasteiger partial charge is 0.497 e. The number of aromatic nitrogens is 2. The van der Waals surface area contributed by atoms with Gasteiger partial charge in [-0.05, 0) is 36.4 Å². The van der Waals surface area contributed by atoms with Crippen molar-refractivity contribution in [2.75, 3.05) is 13.9 Å². The van der Waals surface area contributed by atoms with Crippen LogP contribution in [0.3, 0.4) is 0 Å². The molecular formula is C19H18Cl2N2O3. The lowest BCUT2D eigenvalue weighted by Crippen LogP contribution is -2.15. The zero-order chi connectivity index (χ0) is 18.4. The van der Waals surface area contributed by atoms with Gasteiger partial charge in [0, 0.05) is 28.0 Å². The Hall–Kier alpha value is -2.21. The van der Waals surface area contributed by atoms with Crippen molar-refractivity contribution in [1.29, 1.82) is 0 Å². The van der Waals surface area contributed by atoms with Crippen molar-refractivity contribution < 1.29 is 14.2 Å². The van der Waals surface area contributed by atoms with Crippen LogP contribution in [0.15, 0.2) is 61.2 Å². The van der Waals surface area contributed by atoms with Gasteiger partial charge in [0.1, 0.15) is 17.6 Å². The topological polar surface area (TPSA) is 45.5 Å². The van der Waals surface area contributed by atoms with E-state index in [1.165, 1.54) is 0 Å². The molecule has 0 radical (unpaired) electrons. The SMILES string of the molecule is COc1ccc(OCO[C@@H](Cn2ccnc2)c2ccc(Cl)cc2Cl)cc1. The molecule has 0 unspecified atom stereocenters. The highest BCUT2D eigenvalue weighted by molar-refractivity contribution is 6.35. The second kappa shape index (κ2) is 8.94. The molecule has 0 amide bonds. The van der Waals surface area contributed by atoms with E-state index in [1.807, 2.05) is 41.1 Å². The summed E-state index contributed by atoms with van der Waals surface area (Å²) in [7, 11) is 1.62. The Morgan fingerprint density at radius 2 is 1.85 bits per heavy atom. The van der Waals surface area contributed by atoms with E-state index in [9.17, 15) is 0 Å². The molecular weight excluding hydrogens is 375 g/mol. The quantitative estimate of drug-likeness (QED) is 0.506. The van der Waals surface area contributed by atoms with Gasteiger partial charge in [-0.1, -0.05) is 29.3 Å². The van der Waals surface area contributed by atoms with Crippen LogP contribution in [-0.4, -0.2) is 23.5 Å². The Kier molecular flexibility index (Phi) is 6.39. The molecule has 1 atom stereocenters. The summed E-state index contributed by atoms with van der Waals surface area (Å²) >= 11 is 12.3. The van der Waals surface area contributed by atoms with Crippen molar-refractivity contribution in [2.45, 2.75) is 12.6 Å². The van der Waals surface area contributed by atoms with Gasteiger partial charge in [-0.15, -0.1) is 0 Å². The first-order valence-corrected chi connectivity index (χ1v) is 8.70. The first kappa shape index (κ1) is 18.6. The maximum absolute atomic E-state index is 6.35. The van der Waals surface area contributed by atoms with E-state index in [0.29, 0.717) is 22.3 Å². The van der Waals surface area contributed by atoms with Crippen LogP contribution in [0, 0.1) is 0 Å². The predicted octanol–water partition coefficient (Wildman–Crippen LogP) is 4.99. The minimum Gasteiger partial charge on any atom is -0.497 e. The highest BCUT2D eigenvalue weighted by Gasteiger charge is 2.17. The number of ether oxygens (including phenoxy) is 3. The van der Waals surface area contributed by atoms with Crippen molar-refractivity contribution in [2.24, 2.45) is 0 Å². The van der Waals surface area contributed by atoms with Gasteiger partial charge in [0.25, 0.3) is 0 Å². The van der Waals surface area contributed by atoms with Gasteiger partial charge in [-0.2, -0.15) is 0 Å². The minimum atomic E-state index is -0.313. The number of hydrogen-bond donors (Lipinski definition) is 0. The van der Waals surface area contributed by atoms with Crippen LogP contribution in [0.1, 0.15) is 11.7 Å². The van der Waals surface area contributed by atoms with Crippen LogP contribution < -0.4 is 9.47 Å². The summed E-state index contributed by atoms with van der Waals surface area (Å²) in [5, 5.41) is 1.13. The second-order valence-corrected chi connectivity index (χ2v) is 6.36. The van der Waals surface area contributed by atoms with Crippen LogP contribution >= 0.6 is 23.2 Å². The summed E-state index contributed by atoms with van der Waals surface area (Å²) < 4.78 is 18.7. The molecule has 0 aliphatic heterocycles. The number of nitrogens with zero attached hydrogens (tertiary/aromatic N) is 2. The number of halogens is 2. The molecule has 0 N–H and O–H groups in total. The monoisotopic (exact) mass is 392 g/mol. The van der Waals surface area contributed by atoms with E-state index < -0.39 is 0 Å². The van der Waals surface area contributed by atoms with E-state index in [0.717, 1.165) is 11.3 Å². The molecule has 26 heavy (non-hydrogen) atoms. The number of benzene rings is 2. The summed E-state index contributed by atoms with van der Waals surface area (Å²) in [5.41, 5.74) is 0.836. The molecule has 0 spiro atoms. The van der Waals surface area contributed by atoms with Crippen LogP contribution in [0.25, 0.3) is 0 Å². The predicted molar refractivity (Wildman–Crippen MR) is 101 cm³/mol. The van der Waals surface area contributed by atoms with Crippen LogP contribution in [0.4, 0.5) is 0 Å². The van der Waals surface area contributed by atoms with Gasteiger partial charge in [0.15, 0.2) is 6.79 Å². The van der Waals surface area contributed by atoms with Gasteiger partial charge in [-0.25, -0.2) is 4.98 Å². The lowest BCUT2D eigenvalue weighted by molar-refractivity contribution is -0.0445. The summed E-state index contributed by atoms with van der Waals surface area (Å²) in [5.74, 6) is 1.46. The number of rotatable bonds is 8. The molecule has 136 valence electrons. The molecule has 0 aliphatic rings. The Morgan fingerprint density at radius 1 is 1.08 bits per heavy atom. The first-order chi connectivity index (χ1) is 12.7. The van der Waals surface area contributed by atoms with Crippen molar-refractivity contribution in [1.82, 2.24) is 9.55 Å². The molecule has 3 aromatic rings. The summed E-state index contributed by atoms with van der Waals surface area (Å²) in [6, 6.07) is 12.7. The Morgan fingerprint density at radius 3 is 2.50 bits per heavy atom. The Labute approximate surface area is 162 Å². The molecule has 1 aromatic heterocycles. The second-order valence-electron chi connectivity index (χ2n) is 5.52. The fourth-order valence-corrected chi connectivity index (χ4v) is 2.98. The molecule has 2 aromatic carbocycles. The van der Waals surface area contributed by atoms with E-state index in [4.69, 9.17) is 37.4 Å². The molecule has 0 fully saturated rings. The van der Waals surface area contributed by atoms with E-state index in [2.05, 4.69) is 4.98 Å². The average molecular weight is 393 g/mol. The molecule has 0 saturated heterocycles. The standard InChI is InChI=1S/C19H18Cl2N2O3/c1-24-15-3-5-16(6-4-15)25-13-26-19(11-23-9-8-22-12-23)17-7-2-14(20)10-18(17)21/h2-10,12,19H,11,13H2,1H3/t19-/m0/s1. The number of hydrogen-bond acceptors (Lipinski definition) is 4. The zero-order valence-corrected chi connectivity index (χ0v) is 15.7. The fraction of sp³-hybridized carbons (Fsp3) is 0.211. The van der Waals surface area contributed by atoms with Crippen molar-refractivity contribution >= 4 is 23.2 Å². The summed E-state index contributed by atoms with van der Waals surface area (Å²) in [6.45, 7) is 0.623. The molecule has 0 saturated carbocycles. The van der Waals surface area contributed by atoms with Gasteiger partial charge >= 0.3 is 0 Å². The Bertz CT molecular complexity index is 823. The smallest absolute Gasteiger partial charge is 0.189 e. The third-order valence-electron chi connectivity index (χ3n) is 3.80. The highest BCUT2D eigenvalue weighted by Crippen LogP contribution is 2.30. The highest BCUT2D eigenvalue weighted by atomic mass is 35.5. The maximum Gasteiger partial charge on any atom is 0.189 e. The Balaban J connectivity index is 1.68. The molecule has 7 heteroatoms. The molecule has 1 heterocycles. The summed E-state index contributed by atoms with van der Waals surface area (Å²) in [4.78, 5) is 4.06. The molecule has 0 aliphatic carbocycles. The van der Waals surface area contributed by atoms with E-state index in [-0.39, 0.29) is 12.9 Å². The van der Waals surface area contributed by atoms with Crippen LogP contribution in [-0.2, 0) is 11.3 Å². The van der Waals surface area contributed by atoms with Gasteiger partial charge in [0.2, 0.25) is 0 Å². The number of imidazole rings is 1. The first-order valence-electron chi connectivity index (χ1n) is 7.95. The third kappa shape index (κ3) is 4.91. The molecule has 5 nitrogen and oxygen atoms in total. The lowest BCUT2D eigenvalue weighted by Gasteiger charge is -2.20. The fourth-order valence-electron chi connectivity index (χ4n) is 2.45. The van der Waals surface area contributed by atoms with Gasteiger partial charge in [-0.3, -0.25) is 0 Å². The third-order valence-corrected chi connectivity index (χ3v) is 4.36. The van der Waals surface area contributed by atoms with Crippen molar-refractivity contribution in [3.05, 3.63) is 76.8 Å². The van der Waals surface area contributed by atoms with Crippen molar-refractivity contribution in [3.63, 3.8) is 0 Å². The maximum atomic E-state index is 6.35. The van der Waals surface area contributed by atoms with Gasteiger partial charge < -0.3 is 18.8 Å². The minimum absolute atomic E-state index is 0.0741. The van der Waals surface area contributed by atoms with Gasteiger partial charge in [0.05, 0.1) is 20.0 Å². The van der Waals surface area contributed by atoms with E-state index in [1.54, 1.807) is 31.8 Å². The van der Waals surface area contributed by atoms with Crippen LogP contribution in [0.2, 0.25) is 10.0 Å². The zero-order valence-electron chi connectivity index (χ0n) is 14.1.